The molecule has 0 unspecified atom stereocenters. The Morgan fingerprint density at radius 2 is 2.00 bits per heavy atom. The number of alkyl halides is 2. The van der Waals surface area contributed by atoms with Crippen LogP contribution in [-0.4, -0.2) is 32.1 Å². The fourth-order valence-corrected chi connectivity index (χ4v) is 1.42. The SMILES string of the molecule is FC(F)CCNC1CCNCC1. The molecule has 2 nitrogen and oxygen atoms in total. The van der Waals surface area contributed by atoms with Crippen LogP contribution < -0.4 is 10.6 Å². The van der Waals surface area contributed by atoms with Crippen molar-refractivity contribution in [3.63, 3.8) is 0 Å². The molecule has 4 heteroatoms. The summed E-state index contributed by atoms with van der Waals surface area (Å²) in [6.45, 7) is 2.46. The van der Waals surface area contributed by atoms with Gasteiger partial charge >= 0.3 is 0 Å². The van der Waals surface area contributed by atoms with Crippen molar-refractivity contribution in [3.05, 3.63) is 0 Å². The molecule has 1 fully saturated rings. The summed E-state index contributed by atoms with van der Waals surface area (Å²) in [5.74, 6) is 0. The van der Waals surface area contributed by atoms with Crippen molar-refractivity contribution < 1.29 is 8.78 Å². The maximum atomic E-state index is 11.7. The van der Waals surface area contributed by atoms with Gasteiger partial charge in [-0.1, -0.05) is 0 Å². The molecule has 0 aromatic rings. The number of halogens is 2. The molecule has 0 bridgehead atoms. The molecule has 0 spiro atoms. The summed E-state index contributed by atoms with van der Waals surface area (Å²) in [5, 5.41) is 6.36. The zero-order valence-corrected chi connectivity index (χ0v) is 7.15. The predicted molar refractivity (Wildman–Crippen MR) is 44.5 cm³/mol. The van der Waals surface area contributed by atoms with Gasteiger partial charge < -0.3 is 10.6 Å². The lowest BCUT2D eigenvalue weighted by atomic mass is 10.1. The normalized spacial score (nSPS) is 20.2. The molecular formula is C8H16F2N2. The fraction of sp³-hybridized carbons (Fsp3) is 1.00. The molecule has 0 aromatic carbocycles. The maximum absolute atomic E-state index is 11.7. The van der Waals surface area contributed by atoms with Gasteiger partial charge in [0.05, 0.1) is 0 Å². The summed E-state index contributed by atoms with van der Waals surface area (Å²) in [6, 6.07) is 0.449. The molecule has 72 valence electrons. The lowest BCUT2D eigenvalue weighted by Crippen LogP contribution is -2.40. The lowest BCUT2D eigenvalue weighted by molar-refractivity contribution is 0.135. The summed E-state index contributed by atoms with van der Waals surface area (Å²) in [6.07, 6.45) is -0.0737. The Bertz CT molecular complexity index is 114. The van der Waals surface area contributed by atoms with Gasteiger partial charge in [-0.15, -0.1) is 0 Å². The average Bonchev–Trinajstić information content (AvgIpc) is 2.05. The molecule has 12 heavy (non-hydrogen) atoms. The van der Waals surface area contributed by atoms with Gasteiger partial charge in [-0.2, -0.15) is 0 Å². The standard InChI is InChI=1S/C8H16F2N2/c9-8(10)3-6-12-7-1-4-11-5-2-7/h7-8,11-12H,1-6H2. The van der Waals surface area contributed by atoms with E-state index in [4.69, 9.17) is 0 Å². The van der Waals surface area contributed by atoms with E-state index in [-0.39, 0.29) is 6.42 Å². The zero-order valence-electron chi connectivity index (χ0n) is 7.15. The van der Waals surface area contributed by atoms with E-state index in [1.807, 2.05) is 0 Å². The van der Waals surface area contributed by atoms with Crippen LogP contribution in [0.2, 0.25) is 0 Å². The molecule has 2 N–H and O–H groups in total. The van der Waals surface area contributed by atoms with E-state index in [1.165, 1.54) is 0 Å². The van der Waals surface area contributed by atoms with Gasteiger partial charge in [-0.05, 0) is 25.9 Å². The predicted octanol–water partition coefficient (Wildman–Crippen LogP) is 0.983. The zero-order chi connectivity index (χ0) is 8.81. The molecule has 1 rings (SSSR count). The van der Waals surface area contributed by atoms with Crippen LogP contribution in [0.4, 0.5) is 8.78 Å². The number of nitrogens with one attached hydrogen (secondary N) is 2. The highest BCUT2D eigenvalue weighted by Crippen LogP contribution is 2.03. The summed E-state index contributed by atoms with van der Waals surface area (Å²) in [7, 11) is 0. The average molecular weight is 178 g/mol. The highest BCUT2D eigenvalue weighted by atomic mass is 19.3. The molecule has 0 radical (unpaired) electrons. The first-order valence-corrected chi connectivity index (χ1v) is 4.51. The Balaban J connectivity index is 1.98. The van der Waals surface area contributed by atoms with Crippen LogP contribution in [0, 0.1) is 0 Å². The van der Waals surface area contributed by atoms with Gasteiger partial charge in [0.15, 0.2) is 0 Å². The third kappa shape index (κ3) is 3.97. The smallest absolute Gasteiger partial charge is 0.239 e. The van der Waals surface area contributed by atoms with E-state index in [0.717, 1.165) is 25.9 Å². The first kappa shape index (κ1) is 9.86. The van der Waals surface area contributed by atoms with Crippen molar-refractivity contribution >= 4 is 0 Å². The van der Waals surface area contributed by atoms with Crippen LogP contribution in [0.5, 0.6) is 0 Å². The minimum atomic E-state index is -2.17. The number of hydrogen-bond acceptors (Lipinski definition) is 2. The second kappa shape index (κ2) is 5.43. The summed E-state index contributed by atoms with van der Waals surface area (Å²) < 4.78 is 23.5. The molecule has 0 amide bonds. The van der Waals surface area contributed by atoms with E-state index in [9.17, 15) is 8.78 Å². The van der Waals surface area contributed by atoms with Crippen LogP contribution in [0.25, 0.3) is 0 Å². The molecule has 1 aliphatic heterocycles. The number of hydrogen-bond donors (Lipinski definition) is 2. The van der Waals surface area contributed by atoms with Gasteiger partial charge in [0.1, 0.15) is 0 Å². The molecule has 1 saturated heterocycles. The van der Waals surface area contributed by atoms with Gasteiger partial charge in [0, 0.05) is 19.0 Å². The van der Waals surface area contributed by atoms with Gasteiger partial charge in [0.25, 0.3) is 0 Å². The molecule has 0 aromatic heterocycles. The van der Waals surface area contributed by atoms with Crippen LogP contribution in [0.15, 0.2) is 0 Å². The topological polar surface area (TPSA) is 24.1 Å². The van der Waals surface area contributed by atoms with E-state index < -0.39 is 6.43 Å². The van der Waals surface area contributed by atoms with E-state index in [2.05, 4.69) is 10.6 Å². The Morgan fingerprint density at radius 1 is 1.33 bits per heavy atom. The highest BCUT2D eigenvalue weighted by molar-refractivity contribution is 4.73. The van der Waals surface area contributed by atoms with Crippen LogP contribution in [0.1, 0.15) is 19.3 Å². The summed E-state index contributed by atoms with van der Waals surface area (Å²) in [4.78, 5) is 0. The van der Waals surface area contributed by atoms with Gasteiger partial charge in [0.2, 0.25) is 6.43 Å². The van der Waals surface area contributed by atoms with Gasteiger partial charge in [-0.25, -0.2) is 8.78 Å². The Labute approximate surface area is 71.7 Å². The largest absolute Gasteiger partial charge is 0.317 e. The van der Waals surface area contributed by atoms with Crippen molar-refractivity contribution in [2.24, 2.45) is 0 Å². The molecule has 0 atom stereocenters. The third-order valence-corrected chi connectivity index (χ3v) is 2.13. The Hall–Kier alpha value is -0.220. The fourth-order valence-electron chi connectivity index (χ4n) is 1.42. The summed E-state index contributed by atoms with van der Waals surface area (Å²) >= 11 is 0. The molecule has 0 aliphatic carbocycles. The van der Waals surface area contributed by atoms with Crippen molar-refractivity contribution in [3.8, 4) is 0 Å². The molecule has 0 saturated carbocycles. The van der Waals surface area contributed by atoms with E-state index >= 15 is 0 Å². The van der Waals surface area contributed by atoms with E-state index in [0.29, 0.717) is 12.6 Å². The van der Waals surface area contributed by atoms with Crippen molar-refractivity contribution in [2.45, 2.75) is 31.7 Å². The minimum absolute atomic E-state index is 0.0239. The Morgan fingerprint density at radius 3 is 2.58 bits per heavy atom. The van der Waals surface area contributed by atoms with Crippen LogP contribution in [0.3, 0.4) is 0 Å². The first-order chi connectivity index (χ1) is 5.79. The molecule has 1 aliphatic rings. The molecular weight excluding hydrogens is 162 g/mol. The minimum Gasteiger partial charge on any atom is -0.317 e. The maximum Gasteiger partial charge on any atom is 0.239 e. The number of piperidine rings is 1. The van der Waals surface area contributed by atoms with Gasteiger partial charge in [-0.3, -0.25) is 0 Å². The van der Waals surface area contributed by atoms with E-state index in [1.54, 1.807) is 0 Å². The van der Waals surface area contributed by atoms with Crippen molar-refractivity contribution in [1.82, 2.24) is 10.6 Å². The quantitative estimate of drug-likeness (QED) is 0.670. The monoisotopic (exact) mass is 178 g/mol. The van der Waals surface area contributed by atoms with Crippen LogP contribution in [-0.2, 0) is 0 Å². The highest BCUT2D eigenvalue weighted by Gasteiger charge is 2.12. The van der Waals surface area contributed by atoms with Crippen molar-refractivity contribution in [1.29, 1.82) is 0 Å². The Kier molecular flexibility index (Phi) is 4.46. The van der Waals surface area contributed by atoms with Crippen molar-refractivity contribution in [2.75, 3.05) is 19.6 Å². The summed E-state index contributed by atoms with van der Waals surface area (Å²) in [5.41, 5.74) is 0. The number of rotatable bonds is 4. The second-order valence-electron chi connectivity index (χ2n) is 3.16. The van der Waals surface area contributed by atoms with Crippen LogP contribution >= 0.6 is 0 Å². The second-order valence-corrected chi connectivity index (χ2v) is 3.16. The first-order valence-electron chi connectivity index (χ1n) is 4.51. The lowest BCUT2D eigenvalue weighted by Gasteiger charge is -2.23. The molecule has 1 heterocycles. The third-order valence-electron chi connectivity index (χ3n) is 2.13.